The molecule has 0 aliphatic carbocycles. The van der Waals surface area contributed by atoms with Crippen molar-refractivity contribution in [3.05, 3.63) is 35.9 Å². The van der Waals surface area contributed by atoms with Crippen LogP contribution in [0, 0.1) is 0 Å². The van der Waals surface area contributed by atoms with Crippen molar-refractivity contribution >= 4 is 23.6 Å². The molecule has 96 valence electrons. The molecule has 18 heavy (non-hydrogen) atoms. The predicted molar refractivity (Wildman–Crippen MR) is 71.9 cm³/mol. The largest absolute Gasteiger partial charge is 0.330 e. The molecule has 0 radical (unpaired) electrons. The second-order valence-electron chi connectivity index (χ2n) is 4.16. The van der Waals surface area contributed by atoms with Gasteiger partial charge in [0.25, 0.3) is 0 Å². The maximum atomic E-state index is 12.1. The molecule has 0 unspecified atom stereocenters. The number of thioether (sulfide) groups is 1. The van der Waals surface area contributed by atoms with Crippen LogP contribution in [0.5, 0.6) is 0 Å². The lowest BCUT2D eigenvalue weighted by Gasteiger charge is -2.14. The summed E-state index contributed by atoms with van der Waals surface area (Å²) in [6.07, 6.45) is 0.302. The molecule has 2 N–H and O–H groups in total. The van der Waals surface area contributed by atoms with Gasteiger partial charge in [-0.15, -0.1) is 11.8 Å². The van der Waals surface area contributed by atoms with E-state index in [9.17, 15) is 9.59 Å². The van der Waals surface area contributed by atoms with Crippen LogP contribution >= 0.6 is 11.8 Å². The van der Waals surface area contributed by atoms with Gasteiger partial charge < -0.3 is 5.73 Å². The number of benzene rings is 1. The minimum Gasteiger partial charge on any atom is -0.330 e. The van der Waals surface area contributed by atoms with Crippen molar-refractivity contribution in [3.63, 3.8) is 0 Å². The summed E-state index contributed by atoms with van der Waals surface area (Å²) in [6, 6.07) is 9.56. The van der Waals surface area contributed by atoms with E-state index in [1.54, 1.807) is 0 Å². The van der Waals surface area contributed by atoms with Crippen LogP contribution in [0.3, 0.4) is 0 Å². The molecule has 1 atom stereocenters. The zero-order valence-electron chi connectivity index (χ0n) is 10.0. The average Bonchev–Trinajstić information content (AvgIpc) is 2.65. The second-order valence-corrected chi connectivity index (χ2v) is 5.47. The van der Waals surface area contributed by atoms with Crippen LogP contribution < -0.4 is 5.73 Å². The Bertz CT molecular complexity index is 436. The summed E-state index contributed by atoms with van der Waals surface area (Å²) >= 11 is 1.47. The van der Waals surface area contributed by atoms with E-state index in [1.807, 2.05) is 30.3 Å². The molecule has 1 aliphatic rings. The minimum absolute atomic E-state index is 0.0812. The molecular formula is C13H16N2O2S. The normalized spacial score (nSPS) is 19.6. The lowest BCUT2D eigenvalue weighted by molar-refractivity contribution is -0.138. The Morgan fingerprint density at radius 2 is 2.00 bits per heavy atom. The van der Waals surface area contributed by atoms with Crippen molar-refractivity contribution in [2.45, 2.75) is 18.2 Å². The Kier molecular flexibility index (Phi) is 4.38. The fourth-order valence-corrected chi connectivity index (χ4v) is 2.88. The van der Waals surface area contributed by atoms with Crippen molar-refractivity contribution in [1.29, 1.82) is 0 Å². The number of hydrogen-bond donors (Lipinski definition) is 1. The SMILES string of the molecule is NCCS[C@H]1CC(=O)N(Cc2ccccc2)C1=O. The number of likely N-dealkylation sites (tertiary alicyclic amines) is 1. The van der Waals surface area contributed by atoms with E-state index >= 15 is 0 Å². The summed E-state index contributed by atoms with van der Waals surface area (Å²) in [5, 5.41) is -0.246. The molecule has 1 aromatic rings. The van der Waals surface area contributed by atoms with E-state index < -0.39 is 0 Å². The minimum atomic E-state index is -0.246. The number of nitrogens with zero attached hydrogens (tertiary/aromatic N) is 1. The molecule has 0 spiro atoms. The van der Waals surface area contributed by atoms with Gasteiger partial charge in [0.2, 0.25) is 11.8 Å². The maximum absolute atomic E-state index is 12.1. The summed E-state index contributed by atoms with van der Waals surface area (Å²) in [5.74, 6) is 0.545. The number of carbonyl (C=O) groups excluding carboxylic acids is 2. The summed E-state index contributed by atoms with van der Waals surface area (Å²) in [7, 11) is 0. The zero-order valence-corrected chi connectivity index (χ0v) is 10.9. The Balaban J connectivity index is 2.01. The molecule has 1 aliphatic heterocycles. The van der Waals surface area contributed by atoms with Gasteiger partial charge >= 0.3 is 0 Å². The monoisotopic (exact) mass is 264 g/mol. The first kappa shape index (κ1) is 13.1. The van der Waals surface area contributed by atoms with Gasteiger partial charge in [0.1, 0.15) is 0 Å². The summed E-state index contributed by atoms with van der Waals surface area (Å²) in [5.41, 5.74) is 6.39. The molecule has 1 heterocycles. The van der Waals surface area contributed by atoms with E-state index in [4.69, 9.17) is 5.73 Å². The van der Waals surface area contributed by atoms with Gasteiger partial charge in [0.05, 0.1) is 11.8 Å². The predicted octanol–water partition coefficient (Wildman–Crippen LogP) is 1.01. The first-order chi connectivity index (χ1) is 8.72. The Labute approximate surface area is 111 Å². The zero-order chi connectivity index (χ0) is 13.0. The van der Waals surface area contributed by atoms with Crippen LogP contribution in [0.1, 0.15) is 12.0 Å². The van der Waals surface area contributed by atoms with Crippen molar-refractivity contribution in [2.75, 3.05) is 12.3 Å². The van der Waals surface area contributed by atoms with Gasteiger partial charge in [-0.05, 0) is 5.56 Å². The summed E-state index contributed by atoms with van der Waals surface area (Å²) < 4.78 is 0. The number of rotatable bonds is 5. The quantitative estimate of drug-likeness (QED) is 0.806. The third-order valence-electron chi connectivity index (χ3n) is 2.82. The van der Waals surface area contributed by atoms with Gasteiger partial charge in [-0.1, -0.05) is 30.3 Å². The Morgan fingerprint density at radius 3 is 2.67 bits per heavy atom. The van der Waals surface area contributed by atoms with Crippen LogP contribution in [0.2, 0.25) is 0 Å². The third kappa shape index (κ3) is 2.91. The van der Waals surface area contributed by atoms with Crippen LogP contribution in [-0.2, 0) is 16.1 Å². The smallest absolute Gasteiger partial charge is 0.243 e. The molecule has 2 amide bonds. The lowest BCUT2D eigenvalue weighted by Crippen LogP contribution is -2.30. The fourth-order valence-electron chi connectivity index (χ4n) is 1.93. The molecule has 1 aromatic carbocycles. The third-order valence-corrected chi connectivity index (χ3v) is 4.07. The highest BCUT2D eigenvalue weighted by molar-refractivity contribution is 8.00. The van der Waals surface area contributed by atoms with E-state index in [1.165, 1.54) is 16.7 Å². The molecule has 5 heteroatoms. The summed E-state index contributed by atoms with van der Waals surface area (Å²) in [4.78, 5) is 25.2. The van der Waals surface area contributed by atoms with Gasteiger partial charge in [-0.3, -0.25) is 14.5 Å². The van der Waals surface area contributed by atoms with E-state index in [-0.39, 0.29) is 17.1 Å². The van der Waals surface area contributed by atoms with Crippen LogP contribution in [0.4, 0.5) is 0 Å². The highest BCUT2D eigenvalue weighted by atomic mass is 32.2. The first-order valence-corrected chi connectivity index (χ1v) is 6.97. The fraction of sp³-hybridized carbons (Fsp3) is 0.385. The van der Waals surface area contributed by atoms with Gasteiger partial charge in [0.15, 0.2) is 0 Å². The highest BCUT2D eigenvalue weighted by Crippen LogP contribution is 2.26. The van der Waals surface area contributed by atoms with Crippen molar-refractivity contribution in [1.82, 2.24) is 4.90 Å². The van der Waals surface area contributed by atoms with Crippen LogP contribution in [-0.4, -0.2) is 34.3 Å². The van der Waals surface area contributed by atoms with Crippen molar-refractivity contribution in [2.24, 2.45) is 5.73 Å². The van der Waals surface area contributed by atoms with Crippen LogP contribution in [0.15, 0.2) is 30.3 Å². The molecule has 0 aromatic heterocycles. The van der Waals surface area contributed by atoms with E-state index in [0.717, 1.165) is 5.56 Å². The lowest BCUT2D eigenvalue weighted by atomic mass is 10.2. The number of imide groups is 1. The molecule has 1 saturated heterocycles. The molecule has 1 fully saturated rings. The molecular weight excluding hydrogens is 248 g/mol. The molecule has 0 saturated carbocycles. The van der Waals surface area contributed by atoms with E-state index in [0.29, 0.717) is 25.3 Å². The Hall–Kier alpha value is -1.33. The summed E-state index contributed by atoms with van der Waals surface area (Å²) in [6.45, 7) is 0.902. The number of carbonyl (C=O) groups is 2. The molecule has 2 rings (SSSR count). The topological polar surface area (TPSA) is 63.4 Å². The molecule has 4 nitrogen and oxygen atoms in total. The van der Waals surface area contributed by atoms with Crippen LogP contribution in [0.25, 0.3) is 0 Å². The number of amides is 2. The maximum Gasteiger partial charge on any atom is 0.243 e. The highest BCUT2D eigenvalue weighted by Gasteiger charge is 2.38. The van der Waals surface area contributed by atoms with Gasteiger partial charge in [-0.2, -0.15) is 0 Å². The van der Waals surface area contributed by atoms with Crippen molar-refractivity contribution < 1.29 is 9.59 Å². The first-order valence-electron chi connectivity index (χ1n) is 5.92. The average molecular weight is 264 g/mol. The van der Waals surface area contributed by atoms with E-state index in [2.05, 4.69) is 0 Å². The molecule has 0 bridgehead atoms. The second kappa shape index (κ2) is 6.02. The standard InChI is InChI=1S/C13H16N2O2S/c14-6-7-18-11-8-12(16)15(13(11)17)9-10-4-2-1-3-5-10/h1-5,11H,6-9,14H2/t11-/m0/s1. The Morgan fingerprint density at radius 1 is 1.28 bits per heavy atom. The number of hydrogen-bond acceptors (Lipinski definition) is 4. The number of nitrogens with two attached hydrogens (primary N) is 1. The van der Waals surface area contributed by atoms with Gasteiger partial charge in [-0.25, -0.2) is 0 Å². The van der Waals surface area contributed by atoms with Gasteiger partial charge in [0, 0.05) is 18.7 Å². The van der Waals surface area contributed by atoms with Crippen molar-refractivity contribution in [3.8, 4) is 0 Å².